The van der Waals surface area contributed by atoms with Gasteiger partial charge < -0.3 is 16.8 Å². The van der Waals surface area contributed by atoms with Crippen LogP contribution in [0, 0.1) is 0 Å². The molecule has 0 aliphatic rings. The molecule has 4 heteroatoms. The number of hydrogen-bond donors (Lipinski definition) is 3. The number of carbonyl (C=O) groups excluding carboxylic acids is 1. The quantitative estimate of drug-likeness (QED) is 0.384. The first-order valence-electron chi connectivity index (χ1n) is 5.06. The summed E-state index contributed by atoms with van der Waals surface area (Å²) in [5.41, 5.74) is 11.0. The van der Waals surface area contributed by atoms with Gasteiger partial charge in [0.05, 0.1) is 6.04 Å². The Labute approximate surface area is 85.7 Å². The van der Waals surface area contributed by atoms with Crippen LogP contribution in [-0.2, 0) is 4.79 Å². The summed E-state index contributed by atoms with van der Waals surface area (Å²) in [5.74, 6) is -0.0797. The van der Waals surface area contributed by atoms with E-state index in [9.17, 15) is 4.79 Å². The van der Waals surface area contributed by atoms with Crippen LogP contribution < -0.4 is 16.8 Å². The average Bonchev–Trinajstić information content (AvgIpc) is 2.18. The number of rotatable bonds is 8. The van der Waals surface area contributed by atoms with Gasteiger partial charge in [0.2, 0.25) is 5.91 Å². The molecule has 5 N–H and O–H groups in total. The molecular weight excluding hydrogens is 178 g/mol. The third kappa shape index (κ3) is 6.62. The van der Waals surface area contributed by atoms with Crippen LogP contribution in [0.15, 0.2) is 12.7 Å². The van der Waals surface area contributed by atoms with Gasteiger partial charge in [0, 0.05) is 6.54 Å². The van der Waals surface area contributed by atoms with E-state index in [1.165, 1.54) is 0 Å². The van der Waals surface area contributed by atoms with Crippen molar-refractivity contribution in [1.29, 1.82) is 0 Å². The third-order valence-corrected chi connectivity index (χ3v) is 1.95. The van der Waals surface area contributed by atoms with E-state index in [2.05, 4.69) is 11.9 Å². The number of nitrogens with two attached hydrogens (primary N) is 2. The van der Waals surface area contributed by atoms with Crippen LogP contribution in [0.5, 0.6) is 0 Å². The second-order valence-corrected chi connectivity index (χ2v) is 3.26. The van der Waals surface area contributed by atoms with Crippen molar-refractivity contribution < 1.29 is 4.79 Å². The van der Waals surface area contributed by atoms with E-state index in [4.69, 9.17) is 11.5 Å². The molecule has 82 valence electrons. The van der Waals surface area contributed by atoms with Gasteiger partial charge in [0.15, 0.2) is 0 Å². The van der Waals surface area contributed by atoms with Gasteiger partial charge in [0.25, 0.3) is 0 Å². The van der Waals surface area contributed by atoms with Crippen molar-refractivity contribution in [1.82, 2.24) is 5.32 Å². The monoisotopic (exact) mass is 199 g/mol. The lowest BCUT2D eigenvalue weighted by molar-refractivity contribution is -0.122. The van der Waals surface area contributed by atoms with E-state index >= 15 is 0 Å². The lowest BCUT2D eigenvalue weighted by atomic mass is 10.1. The van der Waals surface area contributed by atoms with Crippen LogP contribution in [0.2, 0.25) is 0 Å². The highest BCUT2D eigenvalue weighted by Gasteiger charge is 2.11. The van der Waals surface area contributed by atoms with Gasteiger partial charge in [-0.1, -0.05) is 12.5 Å². The summed E-state index contributed by atoms with van der Waals surface area (Å²) >= 11 is 0. The predicted molar refractivity (Wildman–Crippen MR) is 58.7 cm³/mol. The van der Waals surface area contributed by atoms with Gasteiger partial charge in [-0.05, 0) is 25.8 Å². The largest absolute Gasteiger partial charge is 0.354 e. The molecule has 0 saturated heterocycles. The molecule has 0 bridgehead atoms. The summed E-state index contributed by atoms with van der Waals surface area (Å²) in [6, 6.07) is -0.397. The van der Waals surface area contributed by atoms with Gasteiger partial charge in [0.1, 0.15) is 0 Å². The topological polar surface area (TPSA) is 81.1 Å². The molecule has 1 atom stereocenters. The Hall–Kier alpha value is -0.870. The summed E-state index contributed by atoms with van der Waals surface area (Å²) in [7, 11) is 0. The fourth-order valence-electron chi connectivity index (χ4n) is 1.07. The van der Waals surface area contributed by atoms with Crippen molar-refractivity contribution in [2.45, 2.75) is 31.7 Å². The van der Waals surface area contributed by atoms with Gasteiger partial charge in [-0.25, -0.2) is 0 Å². The second kappa shape index (κ2) is 8.72. The van der Waals surface area contributed by atoms with Crippen LogP contribution in [-0.4, -0.2) is 25.0 Å². The van der Waals surface area contributed by atoms with Crippen molar-refractivity contribution in [3.8, 4) is 0 Å². The van der Waals surface area contributed by atoms with Crippen LogP contribution in [0.1, 0.15) is 25.7 Å². The molecule has 0 aromatic rings. The number of amides is 1. The molecule has 0 heterocycles. The van der Waals surface area contributed by atoms with Crippen molar-refractivity contribution in [3.05, 3.63) is 12.7 Å². The van der Waals surface area contributed by atoms with Gasteiger partial charge >= 0.3 is 0 Å². The standard InChI is InChI=1S/C10H21N3O/c1-2-3-8-13-10(14)9(12)6-4-5-7-11/h2,9H,1,3-8,11-12H2,(H,13,14). The van der Waals surface area contributed by atoms with E-state index < -0.39 is 6.04 Å². The number of hydrogen-bond acceptors (Lipinski definition) is 3. The molecule has 4 nitrogen and oxygen atoms in total. The van der Waals surface area contributed by atoms with Crippen molar-refractivity contribution >= 4 is 5.91 Å². The highest BCUT2D eigenvalue weighted by molar-refractivity contribution is 5.81. The zero-order valence-electron chi connectivity index (χ0n) is 8.67. The Morgan fingerprint density at radius 2 is 2.21 bits per heavy atom. The van der Waals surface area contributed by atoms with Gasteiger partial charge in [-0.15, -0.1) is 6.58 Å². The minimum atomic E-state index is -0.397. The summed E-state index contributed by atoms with van der Waals surface area (Å²) in [6.07, 6.45) is 5.08. The highest BCUT2D eigenvalue weighted by atomic mass is 16.2. The summed E-state index contributed by atoms with van der Waals surface area (Å²) in [4.78, 5) is 11.3. The summed E-state index contributed by atoms with van der Waals surface area (Å²) in [5, 5.41) is 2.74. The first kappa shape index (κ1) is 13.1. The molecule has 1 unspecified atom stereocenters. The van der Waals surface area contributed by atoms with Crippen LogP contribution >= 0.6 is 0 Å². The van der Waals surface area contributed by atoms with Crippen LogP contribution in [0.25, 0.3) is 0 Å². The first-order valence-corrected chi connectivity index (χ1v) is 5.06. The second-order valence-electron chi connectivity index (χ2n) is 3.26. The van der Waals surface area contributed by atoms with Crippen molar-refractivity contribution in [2.24, 2.45) is 11.5 Å². The molecule has 0 rings (SSSR count). The molecule has 0 spiro atoms. The Morgan fingerprint density at radius 3 is 2.79 bits per heavy atom. The Balaban J connectivity index is 3.49. The molecule has 0 saturated carbocycles. The number of nitrogens with one attached hydrogen (secondary N) is 1. The smallest absolute Gasteiger partial charge is 0.236 e. The molecule has 0 aromatic carbocycles. The average molecular weight is 199 g/mol. The molecule has 0 fully saturated rings. The van der Waals surface area contributed by atoms with Crippen LogP contribution in [0.3, 0.4) is 0 Å². The summed E-state index contributed by atoms with van der Waals surface area (Å²) < 4.78 is 0. The van der Waals surface area contributed by atoms with E-state index in [0.29, 0.717) is 19.5 Å². The number of unbranched alkanes of at least 4 members (excludes halogenated alkanes) is 1. The van der Waals surface area contributed by atoms with Gasteiger partial charge in [-0.2, -0.15) is 0 Å². The maximum atomic E-state index is 11.3. The maximum absolute atomic E-state index is 11.3. The van der Waals surface area contributed by atoms with E-state index in [0.717, 1.165) is 19.3 Å². The molecule has 1 amide bonds. The Bertz CT molecular complexity index is 171. The fourth-order valence-corrected chi connectivity index (χ4v) is 1.07. The first-order chi connectivity index (χ1) is 6.72. The highest BCUT2D eigenvalue weighted by Crippen LogP contribution is 1.97. The minimum absolute atomic E-state index is 0.0797. The van der Waals surface area contributed by atoms with E-state index in [1.54, 1.807) is 6.08 Å². The normalized spacial score (nSPS) is 12.1. The lowest BCUT2D eigenvalue weighted by Gasteiger charge is -2.10. The zero-order valence-corrected chi connectivity index (χ0v) is 8.67. The lowest BCUT2D eigenvalue weighted by Crippen LogP contribution is -2.40. The molecule has 0 aliphatic carbocycles. The molecule has 0 aromatic heterocycles. The Morgan fingerprint density at radius 1 is 1.50 bits per heavy atom. The predicted octanol–water partition coefficient (Wildman–Crippen LogP) is 0.135. The number of carbonyl (C=O) groups is 1. The summed E-state index contributed by atoms with van der Waals surface area (Å²) in [6.45, 7) is 4.84. The van der Waals surface area contributed by atoms with E-state index in [1.807, 2.05) is 0 Å². The van der Waals surface area contributed by atoms with Gasteiger partial charge in [-0.3, -0.25) is 4.79 Å². The molecule has 0 aliphatic heterocycles. The fraction of sp³-hybridized carbons (Fsp3) is 0.700. The zero-order chi connectivity index (χ0) is 10.8. The maximum Gasteiger partial charge on any atom is 0.236 e. The van der Waals surface area contributed by atoms with Crippen molar-refractivity contribution in [2.75, 3.05) is 13.1 Å². The SMILES string of the molecule is C=CCCNC(=O)C(N)CCCCN. The molecular formula is C10H21N3O. The molecule has 0 radical (unpaired) electrons. The minimum Gasteiger partial charge on any atom is -0.354 e. The Kier molecular flexibility index (Phi) is 8.17. The van der Waals surface area contributed by atoms with E-state index in [-0.39, 0.29) is 5.91 Å². The van der Waals surface area contributed by atoms with Crippen LogP contribution in [0.4, 0.5) is 0 Å². The van der Waals surface area contributed by atoms with Crippen molar-refractivity contribution in [3.63, 3.8) is 0 Å². The molecule has 14 heavy (non-hydrogen) atoms. The third-order valence-electron chi connectivity index (χ3n) is 1.95.